The molecule has 0 atom stereocenters. The van der Waals surface area contributed by atoms with E-state index in [2.05, 4.69) is 26.0 Å². The first kappa shape index (κ1) is 24.1. The SMILES string of the molecule is Nc1c(Br)c(C2CCN(C(=O)C3CCOCC3)CC2)nc2c(-c3ccc(-c4ccccc4)nc3)cnn12. The molecule has 0 unspecified atom stereocenters. The van der Waals surface area contributed by atoms with E-state index in [0.29, 0.717) is 24.7 Å². The molecular formula is C28H29BrN6O2. The number of nitrogens with two attached hydrogens (primary N) is 1. The van der Waals surface area contributed by atoms with Gasteiger partial charge in [0.15, 0.2) is 5.65 Å². The average Bonchev–Trinajstić information content (AvgIpc) is 3.40. The van der Waals surface area contributed by atoms with Crippen molar-refractivity contribution < 1.29 is 9.53 Å². The Morgan fingerprint density at radius 3 is 2.43 bits per heavy atom. The predicted octanol–water partition coefficient (Wildman–Crippen LogP) is 4.94. The molecular weight excluding hydrogens is 532 g/mol. The van der Waals surface area contributed by atoms with E-state index in [9.17, 15) is 4.79 Å². The quantitative estimate of drug-likeness (QED) is 0.379. The van der Waals surface area contributed by atoms with Crippen LogP contribution in [0.25, 0.3) is 28.0 Å². The maximum absolute atomic E-state index is 13.0. The Bertz CT molecular complexity index is 1410. The molecule has 9 heteroatoms. The maximum Gasteiger partial charge on any atom is 0.225 e. The van der Waals surface area contributed by atoms with Crippen LogP contribution in [-0.2, 0) is 9.53 Å². The van der Waals surface area contributed by atoms with Crippen LogP contribution in [0.3, 0.4) is 0 Å². The number of ether oxygens (including phenoxy) is 1. The van der Waals surface area contributed by atoms with Crippen molar-refractivity contribution in [3.8, 4) is 22.4 Å². The van der Waals surface area contributed by atoms with Crippen molar-refractivity contribution in [3.05, 3.63) is 65.0 Å². The van der Waals surface area contributed by atoms with E-state index in [-0.39, 0.29) is 17.7 Å². The van der Waals surface area contributed by atoms with Crippen molar-refractivity contribution in [2.75, 3.05) is 32.0 Å². The number of rotatable bonds is 4. The number of amides is 1. The first-order valence-corrected chi connectivity index (χ1v) is 13.6. The summed E-state index contributed by atoms with van der Waals surface area (Å²) < 4.78 is 7.88. The second-order valence-electron chi connectivity index (χ2n) is 9.77. The lowest BCUT2D eigenvalue weighted by molar-refractivity contribution is -0.139. The summed E-state index contributed by atoms with van der Waals surface area (Å²) in [5, 5.41) is 4.52. The van der Waals surface area contributed by atoms with Gasteiger partial charge in [0.05, 0.1) is 22.1 Å². The van der Waals surface area contributed by atoms with E-state index in [4.69, 9.17) is 15.5 Å². The van der Waals surface area contributed by atoms with E-state index in [1.54, 1.807) is 10.7 Å². The van der Waals surface area contributed by atoms with Gasteiger partial charge in [0.2, 0.25) is 5.91 Å². The molecule has 3 aromatic heterocycles. The summed E-state index contributed by atoms with van der Waals surface area (Å²) in [5.41, 5.74) is 12.0. The summed E-state index contributed by atoms with van der Waals surface area (Å²) in [7, 11) is 0. The molecule has 2 saturated heterocycles. The average molecular weight is 561 g/mol. The van der Waals surface area contributed by atoms with Gasteiger partial charge in [-0.3, -0.25) is 9.78 Å². The van der Waals surface area contributed by atoms with Crippen molar-refractivity contribution in [2.45, 2.75) is 31.6 Å². The second-order valence-corrected chi connectivity index (χ2v) is 10.6. The van der Waals surface area contributed by atoms with Crippen LogP contribution < -0.4 is 5.73 Å². The summed E-state index contributed by atoms with van der Waals surface area (Å²) >= 11 is 3.69. The summed E-state index contributed by atoms with van der Waals surface area (Å²) in [6.45, 7) is 2.83. The number of pyridine rings is 1. The third kappa shape index (κ3) is 4.62. The van der Waals surface area contributed by atoms with Crippen molar-refractivity contribution >= 4 is 33.3 Å². The van der Waals surface area contributed by atoms with E-state index in [1.807, 2.05) is 53.6 Å². The fraction of sp³-hybridized carbons (Fsp3) is 0.357. The number of nitrogens with zero attached hydrogens (tertiary/aromatic N) is 5. The number of benzene rings is 1. The number of nitrogen functional groups attached to an aromatic ring is 1. The third-order valence-electron chi connectivity index (χ3n) is 7.56. The number of likely N-dealkylation sites (tertiary alicyclic amines) is 1. The number of halogens is 1. The van der Waals surface area contributed by atoms with Crippen molar-refractivity contribution in [3.63, 3.8) is 0 Å². The summed E-state index contributed by atoms with van der Waals surface area (Å²) in [6.07, 6.45) is 7.01. The Labute approximate surface area is 224 Å². The fourth-order valence-electron chi connectivity index (χ4n) is 5.40. The van der Waals surface area contributed by atoms with Crippen LogP contribution in [0, 0.1) is 5.92 Å². The van der Waals surface area contributed by atoms with Gasteiger partial charge >= 0.3 is 0 Å². The van der Waals surface area contributed by atoms with Crippen LogP contribution in [-0.4, -0.2) is 56.7 Å². The standard InChI is InChI=1S/C28H29BrN6O2/c29-24-25(19-8-12-34(13-9-19)28(36)20-10-14-37-15-11-20)33-27-22(17-32-35(27)26(24)30)21-6-7-23(31-16-21)18-4-2-1-3-5-18/h1-7,16-17,19-20H,8-15,30H2. The van der Waals surface area contributed by atoms with Crippen molar-refractivity contribution in [2.24, 2.45) is 5.92 Å². The van der Waals surface area contributed by atoms with Gasteiger partial charge in [0.1, 0.15) is 5.82 Å². The molecule has 4 aromatic rings. The molecule has 2 N–H and O–H groups in total. The van der Waals surface area contributed by atoms with Gasteiger partial charge in [-0.15, -0.1) is 0 Å². The number of anilines is 1. The zero-order valence-corrected chi connectivity index (χ0v) is 22.1. The van der Waals surface area contributed by atoms with Crippen LogP contribution in [0.15, 0.2) is 59.3 Å². The zero-order chi connectivity index (χ0) is 25.4. The Morgan fingerprint density at radius 1 is 0.973 bits per heavy atom. The monoisotopic (exact) mass is 560 g/mol. The van der Waals surface area contributed by atoms with E-state index in [0.717, 1.165) is 71.3 Å². The fourth-order valence-corrected chi connectivity index (χ4v) is 5.98. The number of carbonyl (C=O) groups excluding carboxylic acids is 1. The maximum atomic E-state index is 13.0. The van der Waals surface area contributed by atoms with Gasteiger partial charge in [-0.25, -0.2) is 4.98 Å². The van der Waals surface area contributed by atoms with E-state index >= 15 is 0 Å². The molecule has 2 aliphatic rings. The minimum atomic E-state index is 0.0957. The third-order valence-corrected chi connectivity index (χ3v) is 8.37. The van der Waals surface area contributed by atoms with Gasteiger partial charge in [-0.05, 0) is 47.7 Å². The highest BCUT2D eigenvalue weighted by molar-refractivity contribution is 9.10. The van der Waals surface area contributed by atoms with Gasteiger partial charge in [-0.1, -0.05) is 36.4 Å². The Hall–Kier alpha value is -3.30. The van der Waals surface area contributed by atoms with Crippen LogP contribution in [0.5, 0.6) is 0 Å². The highest BCUT2D eigenvalue weighted by Crippen LogP contribution is 2.37. The smallest absolute Gasteiger partial charge is 0.225 e. The molecule has 2 fully saturated rings. The van der Waals surface area contributed by atoms with Crippen molar-refractivity contribution in [1.82, 2.24) is 24.5 Å². The second kappa shape index (κ2) is 10.2. The molecule has 6 rings (SSSR count). The van der Waals surface area contributed by atoms with Crippen LogP contribution in [0.1, 0.15) is 37.3 Å². The van der Waals surface area contributed by atoms with Gasteiger partial charge < -0.3 is 15.4 Å². The summed E-state index contributed by atoms with van der Waals surface area (Å²) in [5.74, 6) is 1.11. The number of hydrogen-bond donors (Lipinski definition) is 1. The number of aromatic nitrogens is 4. The molecule has 1 aromatic carbocycles. The Morgan fingerprint density at radius 2 is 1.73 bits per heavy atom. The molecule has 1 amide bonds. The number of carbonyl (C=O) groups is 1. The normalized spacial score (nSPS) is 17.4. The largest absolute Gasteiger partial charge is 0.383 e. The lowest BCUT2D eigenvalue weighted by atomic mass is 9.91. The molecule has 5 heterocycles. The van der Waals surface area contributed by atoms with E-state index < -0.39 is 0 Å². The molecule has 0 spiro atoms. The topological polar surface area (TPSA) is 98.6 Å². The summed E-state index contributed by atoms with van der Waals surface area (Å²) in [6, 6.07) is 14.2. The lowest BCUT2D eigenvalue weighted by Crippen LogP contribution is -2.43. The first-order valence-electron chi connectivity index (χ1n) is 12.8. The molecule has 0 radical (unpaired) electrons. The molecule has 8 nitrogen and oxygen atoms in total. The minimum absolute atomic E-state index is 0.0957. The lowest BCUT2D eigenvalue weighted by Gasteiger charge is -2.35. The predicted molar refractivity (Wildman–Crippen MR) is 146 cm³/mol. The van der Waals surface area contributed by atoms with Gasteiger partial charge in [0, 0.05) is 61.0 Å². The molecule has 0 bridgehead atoms. The van der Waals surface area contributed by atoms with E-state index in [1.165, 1.54) is 0 Å². The molecule has 0 aliphatic carbocycles. The van der Waals surface area contributed by atoms with Crippen LogP contribution >= 0.6 is 15.9 Å². The Kier molecular flexibility index (Phi) is 6.65. The van der Waals surface area contributed by atoms with Crippen LogP contribution in [0.4, 0.5) is 5.82 Å². The zero-order valence-electron chi connectivity index (χ0n) is 20.5. The Balaban J connectivity index is 1.25. The molecule has 190 valence electrons. The number of fused-ring (bicyclic) bond motifs is 1. The first-order chi connectivity index (χ1) is 18.1. The summed E-state index contributed by atoms with van der Waals surface area (Å²) in [4.78, 5) is 24.7. The van der Waals surface area contributed by atoms with Gasteiger partial charge in [-0.2, -0.15) is 9.61 Å². The van der Waals surface area contributed by atoms with Crippen LogP contribution in [0.2, 0.25) is 0 Å². The highest BCUT2D eigenvalue weighted by atomic mass is 79.9. The molecule has 0 saturated carbocycles. The minimum Gasteiger partial charge on any atom is -0.383 e. The highest BCUT2D eigenvalue weighted by Gasteiger charge is 2.31. The number of hydrogen-bond acceptors (Lipinski definition) is 6. The molecule has 37 heavy (non-hydrogen) atoms. The molecule has 2 aliphatic heterocycles. The van der Waals surface area contributed by atoms with Gasteiger partial charge in [0.25, 0.3) is 0 Å². The number of piperidine rings is 1. The van der Waals surface area contributed by atoms with Crippen molar-refractivity contribution in [1.29, 1.82) is 0 Å².